The Hall–Kier alpha value is -0.280. The monoisotopic (exact) mass is 247 g/mol. The minimum absolute atomic E-state index is 0.0331. The lowest BCUT2D eigenvalue weighted by Crippen LogP contribution is -2.33. The predicted molar refractivity (Wildman–Crippen MR) is 64.6 cm³/mol. The quantitative estimate of drug-likeness (QED) is 0.803. The topological polar surface area (TPSA) is 32.3 Å². The number of aliphatic hydroxyl groups is 1. The van der Waals surface area contributed by atoms with Crippen LogP contribution in [0.3, 0.4) is 0 Å². The predicted octanol–water partition coefficient (Wildman–Crippen LogP) is 2.81. The van der Waals surface area contributed by atoms with Crippen LogP contribution in [0.1, 0.15) is 19.4 Å². The first kappa shape index (κ1) is 12.8. The van der Waals surface area contributed by atoms with Gasteiger partial charge in [0.1, 0.15) is 0 Å². The number of rotatable bonds is 4. The molecule has 2 N–H and O–H groups in total. The van der Waals surface area contributed by atoms with E-state index in [1.807, 2.05) is 12.1 Å². The highest BCUT2D eigenvalue weighted by molar-refractivity contribution is 6.35. The second-order valence-electron chi connectivity index (χ2n) is 4.09. The summed E-state index contributed by atoms with van der Waals surface area (Å²) in [5.41, 5.74) is 0.888. The molecule has 84 valence electrons. The van der Waals surface area contributed by atoms with Crippen molar-refractivity contribution in [1.82, 2.24) is 5.32 Å². The van der Waals surface area contributed by atoms with Crippen LogP contribution in [0.25, 0.3) is 0 Å². The van der Waals surface area contributed by atoms with Gasteiger partial charge in [-0.3, -0.25) is 5.32 Å². The number of aliphatic hydroxyl groups excluding tert-OH is 1. The third kappa shape index (κ3) is 3.35. The van der Waals surface area contributed by atoms with Crippen LogP contribution in [-0.2, 0) is 5.41 Å². The van der Waals surface area contributed by atoms with Crippen molar-refractivity contribution in [1.29, 1.82) is 0 Å². The Morgan fingerprint density at radius 3 is 2.53 bits per heavy atom. The average Bonchev–Trinajstić information content (AvgIpc) is 2.14. The van der Waals surface area contributed by atoms with E-state index in [4.69, 9.17) is 28.3 Å². The molecule has 0 saturated carbocycles. The molecule has 0 heterocycles. The lowest BCUT2D eigenvalue weighted by Gasteiger charge is -2.26. The second-order valence-corrected chi connectivity index (χ2v) is 4.94. The van der Waals surface area contributed by atoms with Crippen molar-refractivity contribution in [2.24, 2.45) is 0 Å². The highest BCUT2D eigenvalue weighted by Gasteiger charge is 2.22. The first-order valence-electron chi connectivity index (χ1n) is 4.74. The van der Waals surface area contributed by atoms with Crippen LogP contribution in [0.15, 0.2) is 18.2 Å². The van der Waals surface area contributed by atoms with Crippen molar-refractivity contribution in [2.75, 3.05) is 13.3 Å². The largest absolute Gasteiger partial charge is 0.381 e. The minimum atomic E-state index is -0.135. The molecule has 0 aromatic heterocycles. The standard InChI is InChI=1S/C11H15Cl2NO/c1-11(2,6-14-7-15)9-4-3-8(12)5-10(9)13/h3-5,14-15H,6-7H2,1-2H3. The Labute approximate surface area is 100 Å². The van der Waals surface area contributed by atoms with Crippen molar-refractivity contribution in [2.45, 2.75) is 19.3 Å². The van der Waals surface area contributed by atoms with Crippen LogP contribution in [0.5, 0.6) is 0 Å². The van der Waals surface area contributed by atoms with Gasteiger partial charge >= 0.3 is 0 Å². The van der Waals surface area contributed by atoms with Gasteiger partial charge in [-0.1, -0.05) is 43.1 Å². The molecule has 1 aromatic rings. The lowest BCUT2D eigenvalue weighted by atomic mass is 9.84. The van der Waals surface area contributed by atoms with Gasteiger partial charge in [0.2, 0.25) is 0 Å². The SMILES string of the molecule is CC(C)(CNCO)c1ccc(Cl)cc1Cl. The van der Waals surface area contributed by atoms with Gasteiger partial charge in [-0.15, -0.1) is 0 Å². The smallest absolute Gasteiger partial charge is 0.0931 e. The summed E-state index contributed by atoms with van der Waals surface area (Å²) in [4.78, 5) is 0. The summed E-state index contributed by atoms with van der Waals surface area (Å²) >= 11 is 11.9. The van der Waals surface area contributed by atoms with E-state index in [-0.39, 0.29) is 12.1 Å². The molecule has 0 bridgehead atoms. The maximum Gasteiger partial charge on any atom is 0.0931 e. The summed E-state index contributed by atoms with van der Waals surface area (Å²) in [5.74, 6) is 0. The molecule has 0 atom stereocenters. The third-order valence-electron chi connectivity index (χ3n) is 2.34. The molecule has 4 heteroatoms. The van der Waals surface area contributed by atoms with Crippen LogP contribution in [0, 0.1) is 0 Å². The summed E-state index contributed by atoms with van der Waals surface area (Å²) < 4.78 is 0. The van der Waals surface area contributed by atoms with Gasteiger partial charge in [-0.2, -0.15) is 0 Å². The first-order chi connectivity index (χ1) is 6.97. The van der Waals surface area contributed by atoms with Crippen LogP contribution in [0.4, 0.5) is 0 Å². The molecule has 0 unspecified atom stereocenters. The number of hydrogen-bond donors (Lipinski definition) is 2. The summed E-state index contributed by atoms with van der Waals surface area (Å²) in [7, 11) is 0. The van der Waals surface area contributed by atoms with Gasteiger partial charge in [-0.25, -0.2) is 0 Å². The third-order valence-corrected chi connectivity index (χ3v) is 2.89. The molecular formula is C11H15Cl2NO. The Kier molecular flexibility index (Phi) is 4.41. The Bertz CT molecular complexity index is 339. The van der Waals surface area contributed by atoms with Crippen LogP contribution >= 0.6 is 23.2 Å². The van der Waals surface area contributed by atoms with Crippen molar-refractivity contribution >= 4 is 23.2 Å². The molecule has 2 nitrogen and oxygen atoms in total. The van der Waals surface area contributed by atoms with Gasteiger partial charge in [0.25, 0.3) is 0 Å². The lowest BCUT2D eigenvalue weighted by molar-refractivity contribution is 0.247. The number of halogens is 2. The molecule has 0 radical (unpaired) electrons. The summed E-state index contributed by atoms with van der Waals surface area (Å²) in [6.45, 7) is 4.75. The van der Waals surface area contributed by atoms with Crippen LogP contribution in [0.2, 0.25) is 10.0 Å². The molecule has 1 aromatic carbocycles. The molecule has 0 aliphatic rings. The van der Waals surface area contributed by atoms with Gasteiger partial charge in [0.15, 0.2) is 0 Å². The van der Waals surface area contributed by atoms with E-state index in [2.05, 4.69) is 19.2 Å². The maximum absolute atomic E-state index is 8.72. The highest BCUT2D eigenvalue weighted by Crippen LogP contribution is 2.31. The molecule has 1 rings (SSSR count). The van der Waals surface area contributed by atoms with E-state index < -0.39 is 0 Å². The molecule has 0 aliphatic carbocycles. The van der Waals surface area contributed by atoms with Crippen molar-refractivity contribution in [3.8, 4) is 0 Å². The van der Waals surface area contributed by atoms with E-state index in [1.165, 1.54) is 0 Å². The molecule has 0 fully saturated rings. The molecule has 0 aliphatic heterocycles. The molecular weight excluding hydrogens is 233 g/mol. The maximum atomic E-state index is 8.72. The van der Waals surface area contributed by atoms with E-state index in [0.717, 1.165) is 5.56 Å². The molecule has 0 saturated heterocycles. The van der Waals surface area contributed by atoms with Crippen LogP contribution in [-0.4, -0.2) is 18.4 Å². The number of nitrogens with one attached hydrogen (secondary N) is 1. The van der Waals surface area contributed by atoms with Gasteiger partial charge in [0.05, 0.1) is 6.73 Å². The first-order valence-corrected chi connectivity index (χ1v) is 5.50. The van der Waals surface area contributed by atoms with E-state index >= 15 is 0 Å². The normalized spacial score (nSPS) is 11.8. The Morgan fingerprint density at radius 2 is 2.00 bits per heavy atom. The Balaban J connectivity index is 2.93. The Morgan fingerprint density at radius 1 is 1.33 bits per heavy atom. The van der Waals surface area contributed by atoms with E-state index in [0.29, 0.717) is 16.6 Å². The van der Waals surface area contributed by atoms with Gasteiger partial charge in [0, 0.05) is 22.0 Å². The molecule has 0 amide bonds. The fourth-order valence-corrected chi connectivity index (χ4v) is 2.17. The summed E-state index contributed by atoms with van der Waals surface area (Å²) in [6, 6.07) is 5.48. The number of hydrogen-bond acceptors (Lipinski definition) is 2. The molecule has 0 spiro atoms. The van der Waals surface area contributed by atoms with Crippen molar-refractivity contribution in [3.63, 3.8) is 0 Å². The fraction of sp³-hybridized carbons (Fsp3) is 0.455. The van der Waals surface area contributed by atoms with Gasteiger partial charge in [-0.05, 0) is 17.7 Å². The second kappa shape index (κ2) is 5.17. The van der Waals surface area contributed by atoms with Crippen molar-refractivity contribution < 1.29 is 5.11 Å². The molecule has 15 heavy (non-hydrogen) atoms. The van der Waals surface area contributed by atoms with Gasteiger partial charge < -0.3 is 5.11 Å². The number of benzene rings is 1. The fourth-order valence-electron chi connectivity index (χ4n) is 1.50. The summed E-state index contributed by atoms with van der Waals surface area (Å²) in [6.07, 6.45) is 0. The van der Waals surface area contributed by atoms with E-state index in [9.17, 15) is 0 Å². The van der Waals surface area contributed by atoms with Crippen molar-refractivity contribution in [3.05, 3.63) is 33.8 Å². The highest BCUT2D eigenvalue weighted by atomic mass is 35.5. The average molecular weight is 248 g/mol. The minimum Gasteiger partial charge on any atom is -0.381 e. The zero-order valence-electron chi connectivity index (χ0n) is 8.85. The van der Waals surface area contributed by atoms with E-state index in [1.54, 1.807) is 6.07 Å². The van der Waals surface area contributed by atoms with Crippen LogP contribution < -0.4 is 5.32 Å². The zero-order valence-corrected chi connectivity index (χ0v) is 10.4. The zero-order chi connectivity index (χ0) is 11.5. The summed E-state index contributed by atoms with van der Waals surface area (Å²) in [5, 5.41) is 12.9.